The van der Waals surface area contributed by atoms with E-state index in [2.05, 4.69) is 80.5 Å². The molecule has 5 aromatic rings. The van der Waals surface area contributed by atoms with Crippen molar-refractivity contribution in [3.8, 4) is 22.6 Å². The van der Waals surface area contributed by atoms with Crippen LogP contribution in [0.1, 0.15) is 53.7 Å². The predicted molar refractivity (Wildman–Crippen MR) is 171 cm³/mol. The molecule has 0 bridgehead atoms. The Bertz CT molecular complexity index is 1810. The minimum Gasteiger partial charge on any atom is -0.358 e. The topological polar surface area (TPSA) is 94.6 Å². The van der Waals surface area contributed by atoms with Crippen LogP contribution in [0.4, 0.5) is 5.69 Å². The Balaban J connectivity index is 1.33. The van der Waals surface area contributed by atoms with Crippen LogP contribution >= 0.6 is 11.3 Å². The van der Waals surface area contributed by atoms with Gasteiger partial charge in [-0.25, -0.2) is 4.98 Å². The average molecular weight is 560 g/mol. The number of thiophene rings is 1. The average Bonchev–Trinajstić information content (AvgIpc) is 3.78. The maximum Gasteiger partial charge on any atom is 0.159 e. The van der Waals surface area contributed by atoms with Gasteiger partial charge in [-0.2, -0.15) is 5.10 Å². The molecular weight excluding hydrogens is 526 g/mol. The molecule has 1 aliphatic rings. The monoisotopic (exact) mass is 559 g/mol. The zero-order valence-electron chi connectivity index (χ0n) is 23.4. The van der Waals surface area contributed by atoms with Gasteiger partial charge in [0, 0.05) is 39.6 Å². The molecule has 6 rings (SSSR count). The molecule has 0 amide bonds. The first-order valence-corrected chi connectivity index (χ1v) is 14.6. The number of benzene rings is 1. The number of rotatable bonds is 9. The number of fused-ring (bicyclic) bond motifs is 1. The molecule has 1 aliphatic carbocycles. The fourth-order valence-corrected chi connectivity index (χ4v) is 6.36. The van der Waals surface area contributed by atoms with E-state index in [0.29, 0.717) is 11.7 Å². The lowest BCUT2D eigenvalue weighted by molar-refractivity contribution is 0.649. The van der Waals surface area contributed by atoms with E-state index in [1.54, 1.807) is 17.5 Å². The van der Waals surface area contributed by atoms with Crippen molar-refractivity contribution in [1.29, 1.82) is 0 Å². The number of nitrogens with one attached hydrogen (secondary N) is 3. The van der Waals surface area contributed by atoms with Crippen LogP contribution in [0.15, 0.2) is 85.4 Å². The molecule has 1 saturated carbocycles. The molecule has 0 radical (unpaired) electrons. The van der Waals surface area contributed by atoms with Gasteiger partial charge in [-0.05, 0) is 74.1 Å². The number of H-pyrrole nitrogens is 2. The number of hydrogen-bond acceptors (Lipinski definition) is 6. The molecule has 7 nitrogen and oxygen atoms in total. The highest BCUT2D eigenvalue weighted by Gasteiger charge is 2.21. The van der Waals surface area contributed by atoms with Gasteiger partial charge in [0.1, 0.15) is 17.1 Å². The summed E-state index contributed by atoms with van der Waals surface area (Å²) >= 11 is 1.64. The van der Waals surface area contributed by atoms with E-state index in [0.717, 1.165) is 71.5 Å². The Labute approximate surface area is 243 Å². The largest absolute Gasteiger partial charge is 0.358 e. The van der Waals surface area contributed by atoms with Crippen molar-refractivity contribution in [2.45, 2.75) is 39.5 Å². The highest BCUT2D eigenvalue weighted by Crippen LogP contribution is 2.34. The van der Waals surface area contributed by atoms with E-state index in [-0.39, 0.29) is 0 Å². The lowest BCUT2D eigenvalue weighted by atomic mass is 10.0. The molecule has 4 aromatic heterocycles. The van der Waals surface area contributed by atoms with Gasteiger partial charge in [0.15, 0.2) is 5.82 Å². The van der Waals surface area contributed by atoms with E-state index in [1.807, 2.05) is 32.3 Å². The van der Waals surface area contributed by atoms with E-state index < -0.39 is 0 Å². The first-order chi connectivity index (χ1) is 19.9. The molecule has 0 saturated heterocycles. The van der Waals surface area contributed by atoms with Crippen molar-refractivity contribution >= 4 is 39.2 Å². The summed E-state index contributed by atoms with van der Waals surface area (Å²) in [5, 5.41) is 12.3. The van der Waals surface area contributed by atoms with Gasteiger partial charge in [0.05, 0.1) is 22.3 Å². The van der Waals surface area contributed by atoms with Crippen LogP contribution in [-0.2, 0) is 0 Å². The zero-order valence-corrected chi connectivity index (χ0v) is 24.2. The Morgan fingerprint density at radius 2 is 1.88 bits per heavy atom. The van der Waals surface area contributed by atoms with Crippen molar-refractivity contribution in [1.82, 2.24) is 25.1 Å². The third-order valence-electron chi connectivity index (χ3n) is 7.60. The smallest absolute Gasteiger partial charge is 0.159 e. The van der Waals surface area contributed by atoms with Crippen LogP contribution in [0.5, 0.6) is 0 Å². The molecule has 0 atom stereocenters. The number of anilines is 1. The molecule has 4 heterocycles. The number of aliphatic imine (C=N–C) groups is 1. The lowest BCUT2D eigenvalue weighted by Gasteiger charge is -2.16. The fourth-order valence-electron chi connectivity index (χ4n) is 5.43. The molecular formula is C33H33N7S. The molecule has 0 unspecified atom stereocenters. The summed E-state index contributed by atoms with van der Waals surface area (Å²) in [7, 11) is 0. The van der Waals surface area contributed by atoms with Crippen molar-refractivity contribution in [3.05, 3.63) is 102 Å². The highest BCUT2D eigenvalue weighted by molar-refractivity contribution is 7.15. The third kappa shape index (κ3) is 5.30. The summed E-state index contributed by atoms with van der Waals surface area (Å²) in [6, 6.07) is 12.5. The van der Waals surface area contributed by atoms with E-state index in [1.165, 1.54) is 25.7 Å². The van der Waals surface area contributed by atoms with Crippen molar-refractivity contribution in [3.63, 3.8) is 0 Å². The van der Waals surface area contributed by atoms with Crippen LogP contribution in [0.2, 0.25) is 0 Å². The number of pyridine rings is 1. The number of aromatic amines is 2. The van der Waals surface area contributed by atoms with E-state index in [9.17, 15) is 0 Å². The van der Waals surface area contributed by atoms with Crippen LogP contribution in [0, 0.1) is 12.8 Å². The van der Waals surface area contributed by atoms with Crippen molar-refractivity contribution in [2.75, 3.05) is 5.32 Å². The van der Waals surface area contributed by atoms with Gasteiger partial charge in [-0.1, -0.05) is 38.6 Å². The van der Waals surface area contributed by atoms with Gasteiger partial charge in [0.2, 0.25) is 0 Å². The highest BCUT2D eigenvalue weighted by atomic mass is 32.1. The number of aromatic nitrogens is 5. The van der Waals surface area contributed by atoms with Crippen molar-refractivity contribution in [2.24, 2.45) is 10.9 Å². The maximum atomic E-state index is 4.97. The minimum absolute atomic E-state index is 0.537. The van der Waals surface area contributed by atoms with Gasteiger partial charge in [-0.15, -0.1) is 11.3 Å². The SMILES string of the molecule is C=CN=C(c1ccc(C(=C)C)s1)c1nc(-c2n[nH]c3ccc(-c4cncc(NC(=C)C5CCCC5)c4)cc23)[nH]c1C. The lowest BCUT2D eigenvalue weighted by Crippen LogP contribution is -2.07. The maximum absolute atomic E-state index is 4.97. The van der Waals surface area contributed by atoms with Crippen molar-refractivity contribution < 1.29 is 0 Å². The Kier molecular flexibility index (Phi) is 7.24. The van der Waals surface area contributed by atoms with Gasteiger partial charge in [-0.3, -0.25) is 15.1 Å². The molecule has 1 aromatic carbocycles. The normalized spacial score (nSPS) is 14.0. The minimum atomic E-state index is 0.537. The molecule has 41 heavy (non-hydrogen) atoms. The van der Waals surface area contributed by atoms with Gasteiger partial charge < -0.3 is 10.3 Å². The van der Waals surface area contributed by atoms with E-state index >= 15 is 0 Å². The second-order valence-corrected chi connectivity index (χ2v) is 11.7. The first-order valence-electron chi connectivity index (χ1n) is 13.8. The molecule has 1 fully saturated rings. The van der Waals surface area contributed by atoms with Crippen LogP contribution in [0.25, 0.3) is 39.1 Å². The number of nitrogens with zero attached hydrogens (tertiary/aromatic N) is 4. The summed E-state index contributed by atoms with van der Waals surface area (Å²) in [5.41, 5.74) is 9.25. The summed E-state index contributed by atoms with van der Waals surface area (Å²) < 4.78 is 0. The Hall–Kier alpha value is -4.56. The first kappa shape index (κ1) is 26.7. The predicted octanol–water partition coefficient (Wildman–Crippen LogP) is 8.51. The quantitative estimate of drug-likeness (QED) is 0.158. The number of hydrogen-bond donors (Lipinski definition) is 3. The second-order valence-electron chi connectivity index (χ2n) is 10.6. The third-order valence-corrected chi connectivity index (χ3v) is 8.85. The summed E-state index contributed by atoms with van der Waals surface area (Å²) in [4.78, 5) is 19.6. The Morgan fingerprint density at radius 3 is 2.63 bits per heavy atom. The zero-order chi connectivity index (χ0) is 28.5. The van der Waals surface area contributed by atoms with Crippen LogP contribution in [0.3, 0.4) is 0 Å². The molecule has 0 aliphatic heterocycles. The Morgan fingerprint density at radius 1 is 1.07 bits per heavy atom. The fraction of sp³-hybridized carbons (Fsp3) is 0.212. The molecule has 0 spiro atoms. The van der Waals surface area contributed by atoms with Gasteiger partial charge in [0.25, 0.3) is 0 Å². The van der Waals surface area contributed by atoms with Gasteiger partial charge >= 0.3 is 0 Å². The number of aryl methyl sites for hydroxylation is 1. The number of imidazole rings is 1. The number of allylic oxidation sites excluding steroid dienone is 2. The second kappa shape index (κ2) is 11.1. The standard InChI is InChI=1S/C33H33N7S/c1-6-35-32(29-14-13-28(41-29)19(2)3)30-21(5)37-33(38-30)31-26-16-23(11-12-27(26)39-40-31)24-15-25(18-34-17-24)36-20(4)22-9-7-8-10-22/h6,11-18,22,36H,1-2,4,7-10H2,3,5H3,(H,37,38)(H,39,40). The summed E-state index contributed by atoms with van der Waals surface area (Å²) in [6.07, 6.45) is 10.3. The molecule has 8 heteroatoms. The molecule has 3 N–H and O–H groups in total. The summed E-state index contributed by atoms with van der Waals surface area (Å²) in [6.45, 7) is 16.2. The molecule has 206 valence electrons. The van der Waals surface area contributed by atoms with Crippen LogP contribution in [-0.4, -0.2) is 30.9 Å². The van der Waals surface area contributed by atoms with E-state index in [4.69, 9.17) is 4.98 Å². The van der Waals surface area contributed by atoms with Crippen LogP contribution < -0.4 is 5.32 Å². The summed E-state index contributed by atoms with van der Waals surface area (Å²) in [5.74, 6) is 1.21.